The van der Waals surface area contributed by atoms with Gasteiger partial charge >= 0.3 is 0 Å². The van der Waals surface area contributed by atoms with E-state index in [4.69, 9.17) is 14.5 Å². The van der Waals surface area contributed by atoms with Crippen molar-refractivity contribution >= 4 is 28.5 Å². The highest BCUT2D eigenvalue weighted by Gasteiger charge is 2.36. The number of likely N-dealkylation sites (tertiary alicyclic amines) is 1. The Morgan fingerprint density at radius 2 is 1.85 bits per heavy atom. The van der Waals surface area contributed by atoms with Gasteiger partial charge in [0.1, 0.15) is 23.9 Å². The minimum absolute atomic E-state index is 0.00230. The SMILES string of the molecule is COc1ccc(OC)c(N2CC(c3nc4ccccc4n3CC(=O)N3CCCCC3)CC2=O)c1. The zero-order valence-corrected chi connectivity index (χ0v) is 19.7. The Morgan fingerprint density at radius 3 is 2.62 bits per heavy atom. The summed E-state index contributed by atoms with van der Waals surface area (Å²) in [5, 5.41) is 0. The average Bonchev–Trinajstić information content (AvgIpc) is 3.44. The summed E-state index contributed by atoms with van der Waals surface area (Å²) in [5.74, 6) is 2.03. The van der Waals surface area contributed by atoms with Crippen molar-refractivity contribution in [3.05, 3.63) is 48.3 Å². The molecule has 2 aliphatic heterocycles. The summed E-state index contributed by atoms with van der Waals surface area (Å²) in [7, 11) is 3.19. The average molecular weight is 463 g/mol. The van der Waals surface area contributed by atoms with Gasteiger partial charge in [0.15, 0.2) is 0 Å². The van der Waals surface area contributed by atoms with Crippen molar-refractivity contribution < 1.29 is 19.1 Å². The fraction of sp³-hybridized carbons (Fsp3) is 0.423. The lowest BCUT2D eigenvalue weighted by Gasteiger charge is -2.27. The molecule has 2 aliphatic rings. The van der Waals surface area contributed by atoms with E-state index in [1.54, 1.807) is 25.2 Å². The molecule has 8 heteroatoms. The lowest BCUT2D eigenvalue weighted by molar-refractivity contribution is -0.132. The molecule has 1 atom stereocenters. The zero-order chi connectivity index (χ0) is 23.7. The largest absolute Gasteiger partial charge is 0.497 e. The minimum atomic E-state index is -0.134. The molecule has 2 amide bonds. The number of hydrogen-bond acceptors (Lipinski definition) is 5. The number of aromatic nitrogens is 2. The third-order valence-corrected chi connectivity index (χ3v) is 6.85. The molecule has 3 aromatic rings. The normalized spacial score (nSPS) is 18.5. The maximum absolute atomic E-state index is 13.1. The van der Waals surface area contributed by atoms with Crippen LogP contribution < -0.4 is 14.4 Å². The number of methoxy groups -OCH3 is 2. The van der Waals surface area contributed by atoms with Crippen molar-refractivity contribution in [1.29, 1.82) is 0 Å². The lowest BCUT2D eigenvalue weighted by atomic mass is 10.1. The van der Waals surface area contributed by atoms with Crippen LogP contribution in [0.15, 0.2) is 42.5 Å². The van der Waals surface area contributed by atoms with Gasteiger partial charge in [-0.2, -0.15) is 0 Å². The van der Waals surface area contributed by atoms with Crippen LogP contribution in [-0.4, -0.2) is 60.1 Å². The maximum Gasteiger partial charge on any atom is 0.242 e. The quantitative estimate of drug-likeness (QED) is 0.560. The molecule has 0 aliphatic carbocycles. The number of amides is 2. The van der Waals surface area contributed by atoms with Crippen molar-refractivity contribution in [3.63, 3.8) is 0 Å². The second-order valence-corrected chi connectivity index (χ2v) is 8.93. The highest BCUT2D eigenvalue weighted by Crippen LogP contribution is 2.39. The van der Waals surface area contributed by atoms with E-state index >= 15 is 0 Å². The minimum Gasteiger partial charge on any atom is -0.497 e. The monoisotopic (exact) mass is 462 g/mol. The van der Waals surface area contributed by atoms with Crippen LogP contribution in [0.1, 0.15) is 37.4 Å². The van der Waals surface area contributed by atoms with Crippen molar-refractivity contribution in [1.82, 2.24) is 14.5 Å². The van der Waals surface area contributed by atoms with Gasteiger partial charge in [0.25, 0.3) is 0 Å². The number of anilines is 1. The number of rotatable bonds is 6. The van der Waals surface area contributed by atoms with Crippen molar-refractivity contribution in [2.45, 2.75) is 38.1 Å². The van der Waals surface area contributed by atoms with Crippen LogP contribution >= 0.6 is 0 Å². The summed E-state index contributed by atoms with van der Waals surface area (Å²) in [6.45, 7) is 2.32. The van der Waals surface area contributed by atoms with E-state index in [2.05, 4.69) is 0 Å². The van der Waals surface area contributed by atoms with Crippen LogP contribution in [0.4, 0.5) is 5.69 Å². The number of benzene rings is 2. The summed E-state index contributed by atoms with van der Waals surface area (Å²) in [6.07, 6.45) is 3.61. The molecule has 0 saturated carbocycles. The lowest BCUT2D eigenvalue weighted by Crippen LogP contribution is -2.38. The van der Waals surface area contributed by atoms with Gasteiger partial charge < -0.3 is 23.8 Å². The molecule has 3 heterocycles. The highest BCUT2D eigenvalue weighted by molar-refractivity contribution is 5.98. The Kier molecular flexibility index (Phi) is 6.13. The maximum atomic E-state index is 13.1. The Balaban J connectivity index is 1.47. The standard InChI is InChI=1S/C26H30N4O4/c1-33-19-10-11-23(34-2)22(15-19)29-16-18(14-24(29)31)26-27-20-8-4-5-9-21(20)30(26)17-25(32)28-12-6-3-7-13-28/h4-5,8-11,15,18H,3,6-7,12-14,16-17H2,1-2H3. The van der Waals surface area contributed by atoms with Crippen LogP contribution in [0.3, 0.4) is 0 Å². The Bertz CT molecular complexity index is 1210. The Labute approximate surface area is 199 Å². The first kappa shape index (κ1) is 22.3. The molecular formula is C26H30N4O4. The van der Waals surface area contributed by atoms with Crippen LogP contribution in [0.25, 0.3) is 11.0 Å². The molecule has 0 bridgehead atoms. The van der Waals surface area contributed by atoms with Crippen LogP contribution in [0, 0.1) is 0 Å². The predicted molar refractivity (Wildman–Crippen MR) is 129 cm³/mol. The van der Waals surface area contributed by atoms with Crippen molar-refractivity contribution in [3.8, 4) is 11.5 Å². The summed E-state index contributed by atoms with van der Waals surface area (Å²) in [4.78, 5) is 34.9. The molecule has 0 radical (unpaired) electrons. The number of para-hydroxylation sites is 2. The Hall–Kier alpha value is -3.55. The number of piperidine rings is 1. The molecule has 2 aromatic carbocycles. The van der Waals surface area contributed by atoms with Gasteiger partial charge in [0.2, 0.25) is 11.8 Å². The first-order chi connectivity index (χ1) is 16.6. The molecule has 1 aromatic heterocycles. The van der Waals surface area contributed by atoms with Crippen LogP contribution in [0.5, 0.6) is 11.5 Å². The molecule has 0 N–H and O–H groups in total. The van der Waals surface area contributed by atoms with Gasteiger partial charge in [-0.3, -0.25) is 9.59 Å². The topological polar surface area (TPSA) is 76.9 Å². The second kappa shape index (κ2) is 9.37. The van der Waals surface area contributed by atoms with E-state index in [1.165, 1.54) is 6.42 Å². The number of ether oxygens (including phenoxy) is 2. The first-order valence-electron chi connectivity index (χ1n) is 11.8. The summed E-state index contributed by atoms with van der Waals surface area (Å²) >= 11 is 0. The number of hydrogen-bond donors (Lipinski definition) is 0. The summed E-state index contributed by atoms with van der Waals surface area (Å²) in [5.41, 5.74) is 2.45. The second-order valence-electron chi connectivity index (χ2n) is 8.93. The molecule has 34 heavy (non-hydrogen) atoms. The van der Waals surface area contributed by atoms with Gasteiger partial charge in [0, 0.05) is 38.0 Å². The van der Waals surface area contributed by atoms with Gasteiger partial charge in [0.05, 0.1) is 30.9 Å². The highest BCUT2D eigenvalue weighted by atomic mass is 16.5. The van der Waals surface area contributed by atoms with Crippen LogP contribution in [-0.2, 0) is 16.1 Å². The number of nitrogens with zero attached hydrogens (tertiary/aromatic N) is 4. The van der Waals surface area contributed by atoms with E-state index in [-0.39, 0.29) is 24.3 Å². The molecule has 0 spiro atoms. The smallest absolute Gasteiger partial charge is 0.242 e. The van der Waals surface area contributed by atoms with Gasteiger partial charge in [-0.15, -0.1) is 0 Å². The first-order valence-corrected chi connectivity index (χ1v) is 11.8. The van der Waals surface area contributed by atoms with E-state index in [9.17, 15) is 9.59 Å². The number of carbonyl (C=O) groups is 2. The molecule has 2 saturated heterocycles. The van der Waals surface area contributed by atoms with E-state index in [1.807, 2.05) is 45.9 Å². The Morgan fingerprint density at radius 1 is 1.06 bits per heavy atom. The van der Waals surface area contributed by atoms with Crippen molar-refractivity contribution in [2.24, 2.45) is 0 Å². The molecule has 8 nitrogen and oxygen atoms in total. The fourth-order valence-corrected chi connectivity index (χ4v) is 5.07. The molecular weight excluding hydrogens is 432 g/mol. The van der Waals surface area contributed by atoms with Gasteiger partial charge in [-0.25, -0.2) is 4.98 Å². The predicted octanol–water partition coefficient (Wildman–Crippen LogP) is 3.59. The molecule has 5 rings (SSSR count). The van der Waals surface area contributed by atoms with E-state index in [0.717, 1.165) is 42.8 Å². The van der Waals surface area contributed by atoms with E-state index in [0.29, 0.717) is 30.2 Å². The fourth-order valence-electron chi connectivity index (χ4n) is 5.07. The number of carbonyl (C=O) groups excluding carboxylic acids is 2. The third-order valence-electron chi connectivity index (χ3n) is 6.85. The van der Waals surface area contributed by atoms with E-state index < -0.39 is 0 Å². The number of fused-ring (bicyclic) bond motifs is 1. The summed E-state index contributed by atoms with van der Waals surface area (Å²) < 4.78 is 12.9. The number of imidazole rings is 1. The third kappa shape index (κ3) is 4.08. The molecule has 2 fully saturated rings. The van der Waals surface area contributed by atoms with Crippen molar-refractivity contribution in [2.75, 3.05) is 38.8 Å². The van der Waals surface area contributed by atoms with Gasteiger partial charge in [-0.1, -0.05) is 12.1 Å². The van der Waals surface area contributed by atoms with Crippen LogP contribution in [0.2, 0.25) is 0 Å². The molecule has 178 valence electrons. The van der Waals surface area contributed by atoms with Gasteiger partial charge in [-0.05, 0) is 43.5 Å². The molecule has 1 unspecified atom stereocenters. The summed E-state index contributed by atoms with van der Waals surface area (Å²) in [6, 6.07) is 13.3. The zero-order valence-electron chi connectivity index (χ0n) is 19.7.